The first kappa shape index (κ1) is 8.67. The minimum Gasteiger partial charge on any atom is -0.254 e. The van der Waals surface area contributed by atoms with Crippen molar-refractivity contribution in [3.05, 3.63) is 30.3 Å². The number of hydrogen-bond donors (Lipinski definition) is 0. The van der Waals surface area contributed by atoms with E-state index in [9.17, 15) is 0 Å². The molecule has 0 spiro atoms. The molecule has 0 aromatic heterocycles. The van der Waals surface area contributed by atoms with Crippen LogP contribution in [0.4, 0.5) is 5.69 Å². The Morgan fingerprint density at radius 2 is 1.92 bits per heavy atom. The van der Waals surface area contributed by atoms with Gasteiger partial charge in [-0.2, -0.15) is 5.11 Å². The van der Waals surface area contributed by atoms with Crippen LogP contribution in [0.25, 0.3) is 0 Å². The van der Waals surface area contributed by atoms with Crippen molar-refractivity contribution in [2.24, 2.45) is 10.3 Å². The summed E-state index contributed by atoms with van der Waals surface area (Å²) in [5.74, 6) is 0. The molecular formula is C8H11N3O. The SMILES string of the molecule is C/N=N\N(OC)c1ccccc1. The molecule has 0 unspecified atom stereocenters. The van der Waals surface area contributed by atoms with Gasteiger partial charge in [-0.05, 0) is 17.4 Å². The molecule has 4 heteroatoms. The molecule has 0 N–H and O–H groups in total. The Morgan fingerprint density at radius 1 is 1.25 bits per heavy atom. The largest absolute Gasteiger partial charge is 0.254 e. The third kappa shape index (κ3) is 2.03. The fourth-order valence-electron chi connectivity index (χ4n) is 0.830. The Balaban J connectivity index is 2.80. The second-order valence-electron chi connectivity index (χ2n) is 2.08. The molecule has 12 heavy (non-hydrogen) atoms. The summed E-state index contributed by atoms with van der Waals surface area (Å²) in [5, 5.41) is 8.71. The van der Waals surface area contributed by atoms with E-state index in [1.807, 2.05) is 30.3 Å². The summed E-state index contributed by atoms with van der Waals surface area (Å²) in [7, 11) is 3.14. The first-order chi connectivity index (χ1) is 5.88. The minimum atomic E-state index is 0.852. The Kier molecular flexibility index (Phi) is 3.22. The van der Waals surface area contributed by atoms with Crippen molar-refractivity contribution < 1.29 is 4.84 Å². The molecule has 1 rings (SSSR count). The summed E-state index contributed by atoms with van der Waals surface area (Å²) in [6, 6.07) is 9.52. The normalized spacial score (nSPS) is 10.5. The van der Waals surface area contributed by atoms with Crippen LogP contribution < -0.4 is 5.17 Å². The third-order valence-corrected chi connectivity index (χ3v) is 1.32. The fraction of sp³-hybridized carbons (Fsp3) is 0.250. The van der Waals surface area contributed by atoms with E-state index < -0.39 is 0 Å². The molecule has 4 nitrogen and oxygen atoms in total. The molecule has 0 bridgehead atoms. The monoisotopic (exact) mass is 165 g/mol. The number of hydrogen-bond acceptors (Lipinski definition) is 3. The average Bonchev–Trinajstić information content (AvgIpc) is 2.15. The van der Waals surface area contributed by atoms with Gasteiger partial charge in [-0.1, -0.05) is 18.2 Å². The molecule has 0 heterocycles. The Labute approximate surface area is 71.4 Å². The van der Waals surface area contributed by atoms with Gasteiger partial charge < -0.3 is 0 Å². The maximum absolute atomic E-state index is 4.95. The zero-order valence-electron chi connectivity index (χ0n) is 7.14. The van der Waals surface area contributed by atoms with E-state index in [1.165, 1.54) is 5.17 Å². The first-order valence-corrected chi connectivity index (χ1v) is 3.57. The van der Waals surface area contributed by atoms with Gasteiger partial charge >= 0.3 is 0 Å². The van der Waals surface area contributed by atoms with Crippen molar-refractivity contribution in [2.75, 3.05) is 19.3 Å². The molecule has 0 saturated heterocycles. The summed E-state index contributed by atoms with van der Waals surface area (Å²) in [4.78, 5) is 4.95. The lowest BCUT2D eigenvalue weighted by molar-refractivity contribution is 0.164. The van der Waals surface area contributed by atoms with Gasteiger partial charge in [-0.3, -0.25) is 4.84 Å². The number of anilines is 1. The number of nitrogens with zero attached hydrogens (tertiary/aromatic N) is 3. The van der Waals surface area contributed by atoms with E-state index in [1.54, 1.807) is 14.2 Å². The minimum absolute atomic E-state index is 0.852. The lowest BCUT2D eigenvalue weighted by Crippen LogP contribution is -2.12. The lowest BCUT2D eigenvalue weighted by Gasteiger charge is -2.12. The molecule has 64 valence electrons. The van der Waals surface area contributed by atoms with Crippen LogP contribution in [-0.4, -0.2) is 14.2 Å². The van der Waals surface area contributed by atoms with Crippen LogP contribution in [0.15, 0.2) is 40.7 Å². The molecule has 1 aromatic carbocycles. The zero-order chi connectivity index (χ0) is 8.81. The summed E-state index contributed by atoms with van der Waals surface area (Å²) >= 11 is 0. The van der Waals surface area contributed by atoms with E-state index in [0.29, 0.717) is 0 Å². The van der Waals surface area contributed by atoms with Crippen molar-refractivity contribution in [1.29, 1.82) is 0 Å². The van der Waals surface area contributed by atoms with Crippen molar-refractivity contribution >= 4 is 5.69 Å². The van der Waals surface area contributed by atoms with Gasteiger partial charge in [0.2, 0.25) is 0 Å². The van der Waals surface area contributed by atoms with Gasteiger partial charge in [0.15, 0.2) is 0 Å². The van der Waals surface area contributed by atoms with Crippen molar-refractivity contribution in [2.45, 2.75) is 0 Å². The van der Waals surface area contributed by atoms with Gasteiger partial charge in [0, 0.05) is 0 Å². The summed E-state index contributed by atoms with van der Waals surface area (Å²) < 4.78 is 0. The van der Waals surface area contributed by atoms with Crippen LogP contribution >= 0.6 is 0 Å². The van der Waals surface area contributed by atoms with Crippen molar-refractivity contribution in [1.82, 2.24) is 0 Å². The van der Waals surface area contributed by atoms with Gasteiger partial charge in [0.1, 0.15) is 0 Å². The second kappa shape index (κ2) is 4.46. The summed E-state index contributed by atoms with van der Waals surface area (Å²) in [6.07, 6.45) is 0. The van der Waals surface area contributed by atoms with Crippen LogP contribution in [-0.2, 0) is 4.84 Å². The van der Waals surface area contributed by atoms with Crippen LogP contribution in [0.1, 0.15) is 0 Å². The predicted molar refractivity (Wildman–Crippen MR) is 46.7 cm³/mol. The highest BCUT2D eigenvalue weighted by molar-refractivity contribution is 5.41. The molecule has 0 aliphatic carbocycles. The number of para-hydroxylation sites is 1. The van der Waals surface area contributed by atoms with Crippen molar-refractivity contribution in [3.63, 3.8) is 0 Å². The molecule has 0 saturated carbocycles. The molecule has 0 radical (unpaired) electrons. The molecule has 1 aromatic rings. The fourth-order valence-corrected chi connectivity index (χ4v) is 0.830. The average molecular weight is 165 g/mol. The Morgan fingerprint density at radius 3 is 2.42 bits per heavy atom. The molecule has 0 amide bonds. The number of rotatable bonds is 3. The lowest BCUT2D eigenvalue weighted by atomic mass is 10.3. The van der Waals surface area contributed by atoms with Gasteiger partial charge in [0.05, 0.1) is 19.8 Å². The summed E-state index contributed by atoms with van der Waals surface area (Å²) in [6.45, 7) is 0. The van der Waals surface area contributed by atoms with Crippen LogP contribution in [0.3, 0.4) is 0 Å². The van der Waals surface area contributed by atoms with E-state index in [0.717, 1.165) is 5.69 Å². The maximum atomic E-state index is 4.95. The highest BCUT2D eigenvalue weighted by Gasteiger charge is 2.00. The second-order valence-corrected chi connectivity index (χ2v) is 2.08. The Bertz CT molecular complexity index is 248. The topological polar surface area (TPSA) is 37.2 Å². The van der Waals surface area contributed by atoms with E-state index in [-0.39, 0.29) is 0 Å². The highest BCUT2D eigenvalue weighted by Crippen LogP contribution is 2.12. The molecule has 0 aliphatic heterocycles. The van der Waals surface area contributed by atoms with Crippen molar-refractivity contribution in [3.8, 4) is 0 Å². The third-order valence-electron chi connectivity index (χ3n) is 1.32. The highest BCUT2D eigenvalue weighted by atomic mass is 16.7. The van der Waals surface area contributed by atoms with E-state index >= 15 is 0 Å². The standard InChI is InChI=1S/C8H11N3O/c1-9-10-11(12-2)8-6-4-3-5-7-8/h3-7H,1-2H3/b10-9-. The maximum Gasteiger partial charge on any atom is 0.0918 e. The predicted octanol–water partition coefficient (Wildman–Crippen LogP) is 2.05. The Hall–Kier alpha value is -1.42. The zero-order valence-corrected chi connectivity index (χ0v) is 7.14. The smallest absolute Gasteiger partial charge is 0.0918 e. The summed E-state index contributed by atoms with van der Waals surface area (Å²) in [5.41, 5.74) is 0.852. The quantitative estimate of drug-likeness (QED) is 0.507. The molecule has 0 fully saturated rings. The van der Waals surface area contributed by atoms with Crippen LogP contribution in [0.2, 0.25) is 0 Å². The van der Waals surface area contributed by atoms with Gasteiger partial charge in [-0.15, -0.1) is 5.17 Å². The first-order valence-electron chi connectivity index (χ1n) is 3.57. The van der Waals surface area contributed by atoms with Crippen LogP contribution in [0.5, 0.6) is 0 Å². The molecular weight excluding hydrogens is 154 g/mol. The van der Waals surface area contributed by atoms with E-state index in [4.69, 9.17) is 4.84 Å². The van der Waals surface area contributed by atoms with Crippen LogP contribution in [0, 0.1) is 0 Å². The van der Waals surface area contributed by atoms with Gasteiger partial charge in [0.25, 0.3) is 0 Å². The number of benzene rings is 1. The molecule has 0 aliphatic rings. The van der Waals surface area contributed by atoms with E-state index in [2.05, 4.69) is 10.3 Å². The molecule has 0 atom stereocenters. The van der Waals surface area contributed by atoms with Gasteiger partial charge in [-0.25, -0.2) is 0 Å².